The van der Waals surface area contributed by atoms with Crippen LogP contribution < -0.4 is 10.2 Å². The van der Waals surface area contributed by atoms with Gasteiger partial charge in [-0.2, -0.15) is 0 Å². The van der Waals surface area contributed by atoms with Gasteiger partial charge in [-0.25, -0.2) is 9.97 Å². The van der Waals surface area contributed by atoms with E-state index in [0.717, 1.165) is 49.9 Å². The van der Waals surface area contributed by atoms with Crippen LogP contribution in [0.1, 0.15) is 32.8 Å². The van der Waals surface area contributed by atoms with E-state index in [-0.39, 0.29) is 0 Å². The van der Waals surface area contributed by atoms with Crippen molar-refractivity contribution in [2.45, 2.75) is 40.2 Å². The van der Waals surface area contributed by atoms with Crippen molar-refractivity contribution in [3.8, 4) is 0 Å². The molecule has 1 aromatic heterocycles. The van der Waals surface area contributed by atoms with Crippen molar-refractivity contribution in [3.05, 3.63) is 11.9 Å². The van der Waals surface area contributed by atoms with Crippen LogP contribution in [0.15, 0.2) is 6.33 Å². The normalized spacial score (nSPS) is 18.1. The van der Waals surface area contributed by atoms with Crippen LogP contribution >= 0.6 is 0 Å². The Hall–Kier alpha value is -1.36. The first-order chi connectivity index (χ1) is 9.67. The van der Waals surface area contributed by atoms with E-state index in [1.165, 1.54) is 6.42 Å². The van der Waals surface area contributed by atoms with Gasteiger partial charge in [0.1, 0.15) is 18.0 Å². The number of nitrogens with zero attached hydrogens (tertiary/aromatic N) is 4. The molecule has 1 N–H and O–H groups in total. The average molecular weight is 277 g/mol. The number of piperazine rings is 1. The second-order valence-corrected chi connectivity index (χ2v) is 5.48. The van der Waals surface area contributed by atoms with E-state index < -0.39 is 0 Å². The van der Waals surface area contributed by atoms with Crippen LogP contribution in [-0.2, 0) is 0 Å². The van der Waals surface area contributed by atoms with Crippen molar-refractivity contribution in [1.82, 2.24) is 14.9 Å². The van der Waals surface area contributed by atoms with Crippen molar-refractivity contribution in [2.24, 2.45) is 0 Å². The summed E-state index contributed by atoms with van der Waals surface area (Å²) in [6.07, 6.45) is 2.89. The zero-order valence-corrected chi connectivity index (χ0v) is 13.2. The summed E-state index contributed by atoms with van der Waals surface area (Å²) in [6, 6.07) is 0.681. The first-order valence-electron chi connectivity index (χ1n) is 7.71. The third-order valence-corrected chi connectivity index (χ3v) is 4.23. The predicted molar refractivity (Wildman–Crippen MR) is 84.5 cm³/mol. The zero-order chi connectivity index (χ0) is 14.5. The highest BCUT2D eigenvalue weighted by atomic mass is 15.3. The van der Waals surface area contributed by atoms with Gasteiger partial charge in [0.15, 0.2) is 0 Å². The lowest BCUT2D eigenvalue weighted by Gasteiger charge is -2.38. The summed E-state index contributed by atoms with van der Waals surface area (Å²) in [5.74, 6) is 2.04. The van der Waals surface area contributed by atoms with Crippen LogP contribution in [0.5, 0.6) is 0 Å². The highest BCUT2D eigenvalue weighted by molar-refractivity contribution is 5.58. The minimum absolute atomic E-state index is 0.681. The predicted octanol–water partition coefficient (Wildman–Crippen LogP) is 2.14. The SMILES string of the molecule is CCNc1ncnc(N2CCN(C(C)CC)CC2)c1C. The van der Waals surface area contributed by atoms with Gasteiger partial charge in [0.05, 0.1) is 0 Å². The summed E-state index contributed by atoms with van der Waals surface area (Å²) >= 11 is 0. The lowest BCUT2D eigenvalue weighted by molar-refractivity contribution is 0.192. The monoisotopic (exact) mass is 277 g/mol. The Morgan fingerprint density at radius 2 is 1.90 bits per heavy atom. The third kappa shape index (κ3) is 3.20. The summed E-state index contributed by atoms with van der Waals surface area (Å²) in [7, 11) is 0. The van der Waals surface area contributed by atoms with Gasteiger partial charge in [0.2, 0.25) is 0 Å². The maximum atomic E-state index is 4.49. The molecule has 112 valence electrons. The molecule has 0 bridgehead atoms. The van der Waals surface area contributed by atoms with Crippen LogP contribution in [0.25, 0.3) is 0 Å². The Kier molecular flexibility index (Phi) is 5.17. The number of hydrogen-bond donors (Lipinski definition) is 1. The Bertz CT molecular complexity index is 426. The molecule has 0 aliphatic carbocycles. The Morgan fingerprint density at radius 1 is 1.20 bits per heavy atom. The molecule has 1 unspecified atom stereocenters. The van der Waals surface area contributed by atoms with Crippen LogP contribution in [0.4, 0.5) is 11.6 Å². The van der Waals surface area contributed by atoms with Gasteiger partial charge in [0, 0.05) is 44.3 Å². The highest BCUT2D eigenvalue weighted by Gasteiger charge is 2.22. The second kappa shape index (κ2) is 6.88. The van der Waals surface area contributed by atoms with Crippen molar-refractivity contribution in [2.75, 3.05) is 42.9 Å². The average Bonchev–Trinajstić information content (AvgIpc) is 2.49. The molecule has 0 saturated carbocycles. The minimum Gasteiger partial charge on any atom is -0.370 e. The second-order valence-electron chi connectivity index (χ2n) is 5.48. The Labute approximate surface area is 122 Å². The third-order valence-electron chi connectivity index (χ3n) is 4.23. The number of nitrogens with one attached hydrogen (secondary N) is 1. The van der Waals surface area contributed by atoms with Gasteiger partial charge in [-0.05, 0) is 27.2 Å². The molecule has 2 rings (SSSR count). The molecule has 0 aromatic carbocycles. The van der Waals surface area contributed by atoms with Crippen molar-refractivity contribution in [1.29, 1.82) is 0 Å². The summed E-state index contributed by atoms with van der Waals surface area (Å²) in [5, 5.41) is 3.30. The van der Waals surface area contributed by atoms with E-state index >= 15 is 0 Å². The summed E-state index contributed by atoms with van der Waals surface area (Å²) < 4.78 is 0. The maximum Gasteiger partial charge on any atom is 0.137 e. The lowest BCUT2D eigenvalue weighted by atomic mass is 10.2. The number of aromatic nitrogens is 2. The molecular formula is C15H27N5. The molecular weight excluding hydrogens is 250 g/mol. The van der Waals surface area contributed by atoms with E-state index in [9.17, 15) is 0 Å². The first kappa shape index (κ1) is 15.0. The highest BCUT2D eigenvalue weighted by Crippen LogP contribution is 2.23. The van der Waals surface area contributed by atoms with Gasteiger partial charge in [-0.15, -0.1) is 0 Å². The first-order valence-corrected chi connectivity index (χ1v) is 7.71. The molecule has 5 nitrogen and oxygen atoms in total. The Balaban J connectivity index is 2.05. The van der Waals surface area contributed by atoms with Crippen LogP contribution in [0.2, 0.25) is 0 Å². The summed E-state index contributed by atoms with van der Waals surface area (Å²) in [6.45, 7) is 14.0. The van der Waals surface area contributed by atoms with Crippen LogP contribution in [0.3, 0.4) is 0 Å². The van der Waals surface area contributed by atoms with E-state index in [2.05, 4.69) is 52.8 Å². The smallest absolute Gasteiger partial charge is 0.137 e. The molecule has 1 aliphatic rings. The molecule has 5 heteroatoms. The molecule has 1 saturated heterocycles. The topological polar surface area (TPSA) is 44.3 Å². The number of rotatable bonds is 5. The quantitative estimate of drug-likeness (QED) is 0.893. The fourth-order valence-electron chi connectivity index (χ4n) is 2.74. The lowest BCUT2D eigenvalue weighted by Crippen LogP contribution is -2.49. The zero-order valence-electron chi connectivity index (χ0n) is 13.2. The maximum absolute atomic E-state index is 4.49. The fourth-order valence-corrected chi connectivity index (χ4v) is 2.74. The molecule has 2 heterocycles. The van der Waals surface area contributed by atoms with Gasteiger partial charge < -0.3 is 10.2 Å². The molecule has 1 fully saturated rings. The largest absolute Gasteiger partial charge is 0.370 e. The molecule has 1 aromatic rings. The van der Waals surface area contributed by atoms with E-state index in [4.69, 9.17) is 0 Å². The fraction of sp³-hybridized carbons (Fsp3) is 0.733. The van der Waals surface area contributed by atoms with E-state index in [1.54, 1.807) is 6.33 Å². The number of anilines is 2. The Morgan fingerprint density at radius 3 is 2.50 bits per heavy atom. The molecule has 1 aliphatic heterocycles. The van der Waals surface area contributed by atoms with Gasteiger partial charge in [0.25, 0.3) is 0 Å². The molecule has 0 spiro atoms. The van der Waals surface area contributed by atoms with E-state index in [0.29, 0.717) is 6.04 Å². The van der Waals surface area contributed by atoms with Crippen molar-refractivity contribution < 1.29 is 0 Å². The standard InChI is InChI=1S/C15H27N5/c1-5-12(3)19-7-9-20(10-8-19)15-13(4)14(16-6-2)17-11-18-15/h11-12H,5-10H2,1-4H3,(H,16,17,18). The summed E-state index contributed by atoms with van der Waals surface area (Å²) in [5.41, 5.74) is 1.16. The van der Waals surface area contributed by atoms with E-state index in [1.807, 2.05) is 0 Å². The summed E-state index contributed by atoms with van der Waals surface area (Å²) in [4.78, 5) is 13.8. The number of hydrogen-bond acceptors (Lipinski definition) is 5. The van der Waals surface area contributed by atoms with Crippen LogP contribution in [-0.4, -0.2) is 53.6 Å². The molecule has 0 amide bonds. The molecule has 1 atom stereocenters. The van der Waals surface area contributed by atoms with Crippen molar-refractivity contribution >= 4 is 11.6 Å². The van der Waals surface area contributed by atoms with Gasteiger partial charge in [-0.1, -0.05) is 6.92 Å². The molecule has 0 radical (unpaired) electrons. The van der Waals surface area contributed by atoms with Gasteiger partial charge in [-0.3, -0.25) is 4.90 Å². The molecule has 20 heavy (non-hydrogen) atoms. The van der Waals surface area contributed by atoms with Crippen LogP contribution in [0, 0.1) is 6.92 Å². The van der Waals surface area contributed by atoms with Gasteiger partial charge >= 0.3 is 0 Å². The minimum atomic E-state index is 0.681. The van der Waals surface area contributed by atoms with Crippen molar-refractivity contribution in [3.63, 3.8) is 0 Å².